The van der Waals surface area contributed by atoms with E-state index < -0.39 is 0 Å². The third kappa shape index (κ3) is 3.76. The van der Waals surface area contributed by atoms with Crippen molar-refractivity contribution in [3.63, 3.8) is 0 Å². The Labute approximate surface area is 218 Å². The Morgan fingerprint density at radius 2 is 1.50 bits per heavy atom. The predicted octanol–water partition coefficient (Wildman–Crippen LogP) is 5.37. The molecule has 0 saturated heterocycles. The van der Waals surface area contributed by atoms with E-state index in [4.69, 9.17) is 0 Å². The number of aryl methyl sites for hydroxylation is 1. The van der Waals surface area contributed by atoms with E-state index in [0.717, 1.165) is 13.0 Å². The van der Waals surface area contributed by atoms with Gasteiger partial charge in [-0.3, -0.25) is 0 Å². The Hall–Kier alpha value is -2.60. The van der Waals surface area contributed by atoms with Gasteiger partial charge in [-0.15, -0.1) is 0 Å². The van der Waals surface area contributed by atoms with Crippen LogP contribution in [-0.4, -0.2) is 0 Å². The Morgan fingerprint density at radius 1 is 0.853 bits per heavy atom. The first-order valence-electron chi connectivity index (χ1n) is 11.5. The van der Waals surface area contributed by atoms with Gasteiger partial charge in [-0.25, -0.2) is 0 Å². The third-order valence-corrected chi connectivity index (χ3v) is 8.67. The van der Waals surface area contributed by atoms with E-state index in [1.165, 1.54) is 58.0 Å². The Bertz CT molecular complexity index is 1570. The molecule has 1 N–H and O–H groups in total. The fraction of sp³-hybridized carbons (Fsp3) is 0.138. The van der Waals surface area contributed by atoms with Crippen LogP contribution in [-0.2, 0) is 6.54 Å². The standard InChI is InChI=1S/C29H24N2S2.BrH/c1-3-19(17-18-26-30-24-15-9-10-16-25(24)32-26)29-31(4-2)27-22-13-7-5-11-20(22)21-12-6-8-14-23(21)28(27)33-29;/h5-18H,3-4H2,1-2H3;1H. The van der Waals surface area contributed by atoms with Crippen LogP contribution in [0.2, 0.25) is 0 Å². The summed E-state index contributed by atoms with van der Waals surface area (Å²) in [5.41, 5.74) is 3.93. The summed E-state index contributed by atoms with van der Waals surface area (Å²) in [6.45, 7) is 5.47. The molecule has 0 fully saturated rings. The monoisotopic (exact) mass is 544 g/mol. The predicted molar refractivity (Wildman–Crippen MR) is 145 cm³/mol. The summed E-state index contributed by atoms with van der Waals surface area (Å²) < 4.78 is 3.90. The number of fused-ring (bicyclic) bond motifs is 7. The summed E-state index contributed by atoms with van der Waals surface area (Å²) in [5.74, 6) is 0. The van der Waals surface area contributed by atoms with Crippen molar-refractivity contribution in [2.45, 2.75) is 31.7 Å². The topological polar surface area (TPSA) is 15.9 Å². The third-order valence-electron chi connectivity index (χ3n) is 6.35. The molecule has 0 unspecified atom stereocenters. The number of thioether (sulfide) groups is 1. The number of nitrogens with zero attached hydrogens (tertiary/aromatic N) is 1. The van der Waals surface area contributed by atoms with Crippen LogP contribution >= 0.6 is 23.1 Å². The summed E-state index contributed by atoms with van der Waals surface area (Å²) in [4.78, 5) is 1.29. The van der Waals surface area contributed by atoms with Gasteiger partial charge in [-0.1, -0.05) is 84.6 Å². The van der Waals surface area contributed by atoms with Crippen molar-refractivity contribution in [3.05, 3.63) is 95.0 Å². The number of thiazole rings is 1. The number of rotatable bonds is 4. The van der Waals surface area contributed by atoms with Gasteiger partial charge in [0.2, 0.25) is 5.52 Å². The second-order valence-corrected chi connectivity index (χ2v) is 10.3. The van der Waals surface area contributed by atoms with Crippen LogP contribution in [0.25, 0.3) is 37.3 Å². The zero-order chi connectivity index (χ0) is 22.4. The zero-order valence-corrected chi connectivity index (χ0v) is 22.4. The number of hydrogen-bond acceptors (Lipinski definition) is 3. The van der Waals surface area contributed by atoms with Crippen LogP contribution in [0.4, 0.5) is 5.69 Å². The molecule has 0 spiro atoms. The number of anilines is 1. The molecule has 6 rings (SSSR count). The highest BCUT2D eigenvalue weighted by Crippen LogP contribution is 2.41. The SMILES string of the molecule is CCC(=CC=C1Nc2ccccc2S1)c1sc2c3ccccc3c3ccccc3c2[n+]1CC.[Br-]. The molecule has 0 amide bonds. The van der Waals surface area contributed by atoms with Gasteiger partial charge < -0.3 is 22.3 Å². The zero-order valence-electron chi connectivity index (χ0n) is 19.1. The molecular formula is C29H25BrN2S2. The molecule has 0 radical (unpaired) electrons. The number of aromatic nitrogens is 1. The normalized spacial score (nSPS) is 14.5. The molecule has 5 heteroatoms. The Morgan fingerprint density at radius 3 is 2.21 bits per heavy atom. The molecule has 170 valence electrons. The maximum Gasteiger partial charge on any atom is 0.265 e. The van der Waals surface area contributed by atoms with Crippen molar-refractivity contribution < 1.29 is 21.5 Å². The fourth-order valence-corrected chi connectivity index (χ4v) is 7.17. The van der Waals surface area contributed by atoms with E-state index in [-0.39, 0.29) is 17.0 Å². The van der Waals surface area contributed by atoms with E-state index in [1.54, 1.807) is 11.8 Å². The fourth-order valence-electron chi connectivity index (χ4n) is 4.78. The lowest BCUT2D eigenvalue weighted by atomic mass is 10.0. The molecule has 4 aromatic carbocycles. The first-order chi connectivity index (χ1) is 16.3. The highest BCUT2D eigenvalue weighted by atomic mass is 79.9. The molecule has 2 nitrogen and oxygen atoms in total. The van der Waals surface area contributed by atoms with Crippen molar-refractivity contribution in [2.24, 2.45) is 0 Å². The smallest absolute Gasteiger partial charge is 0.265 e. The van der Waals surface area contributed by atoms with Gasteiger partial charge in [0.05, 0.1) is 16.1 Å². The van der Waals surface area contributed by atoms with Gasteiger partial charge in [0.25, 0.3) is 5.01 Å². The lowest BCUT2D eigenvalue weighted by Crippen LogP contribution is -3.00. The molecule has 0 saturated carbocycles. The quantitative estimate of drug-likeness (QED) is 0.242. The van der Waals surface area contributed by atoms with E-state index in [1.807, 2.05) is 11.3 Å². The second-order valence-electron chi connectivity index (χ2n) is 8.22. The molecule has 5 aromatic rings. The van der Waals surface area contributed by atoms with Gasteiger partial charge in [-0.2, -0.15) is 4.57 Å². The van der Waals surface area contributed by atoms with Crippen LogP contribution in [0.5, 0.6) is 0 Å². The van der Waals surface area contributed by atoms with Crippen LogP contribution in [0.1, 0.15) is 25.3 Å². The minimum Gasteiger partial charge on any atom is -1.00 e. The van der Waals surface area contributed by atoms with Crippen LogP contribution < -0.4 is 26.9 Å². The molecule has 0 bridgehead atoms. The number of nitrogens with one attached hydrogen (secondary N) is 1. The second kappa shape index (κ2) is 9.57. The number of halogens is 1. The highest BCUT2D eigenvalue weighted by Gasteiger charge is 2.26. The molecule has 0 aliphatic carbocycles. The van der Waals surface area contributed by atoms with Crippen molar-refractivity contribution in [1.82, 2.24) is 0 Å². The first kappa shape index (κ1) is 23.2. The Kier molecular flexibility index (Phi) is 6.52. The van der Waals surface area contributed by atoms with E-state index in [9.17, 15) is 0 Å². The summed E-state index contributed by atoms with van der Waals surface area (Å²) in [5, 5.41) is 11.4. The number of allylic oxidation sites excluding steroid dienone is 3. The molecule has 2 heterocycles. The minimum absolute atomic E-state index is 0. The molecule has 1 aromatic heterocycles. The van der Waals surface area contributed by atoms with Gasteiger partial charge >= 0.3 is 0 Å². The maximum absolute atomic E-state index is 3.55. The Balaban J connectivity index is 0.00000241. The molecule has 1 aliphatic rings. The highest BCUT2D eigenvalue weighted by molar-refractivity contribution is 8.03. The van der Waals surface area contributed by atoms with Crippen molar-refractivity contribution in [2.75, 3.05) is 5.32 Å². The number of hydrogen-bond donors (Lipinski definition) is 1. The van der Waals surface area contributed by atoms with Crippen molar-refractivity contribution >= 4 is 66.1 Å². The largest absolute Gasteiger partial charge is 1.00 e. The van der Waals surface area contributed by atoms with E-state index in [2.05, 4.69) is 109 Å². The van der Waals surface area contributed by atoms with Crippen molar-refractivity contribution in [1.29, 1.82) is 0 Å². The van der Waals surface area contributed by atoms with Crippen LogP contribution in [0, 0.1) is 0 Å². The summed E-state index contributed by atoms with van der Waals surface area (Å²) in [6.07, 6.45) is 5.54. The molecular weight excluding hydrogens is 520 g/mol. The number of benzene rings is 4. The van der Waals surface area contributed by atoms with Gasteiger partial charge in [0, 0.05) is 15.9 Å². The summed E-state index contributed by atoms with van der Waals surface area (Å²) in [6, 6.07) is 26.2. The van der Waals surface area contributed by atoms with E-state index in [0.29, 0.717) is 0 Å². The molecule has 0 atom stereocenters. The average Bonchev–Trinajstić information content (AvgIpc) is 3.46. The van der Waals surface area contributed by atoms with Crippen molar-refractivity contribution in [3.8, 4) is 0 Å². The van der Waals surface area contributed by atoms with Gasteiger partial charge in [-0.05, 0) is 54.5 Å². The van der Waals surface area contributed by atoms with Gasteiger partial charge in [0.15, 0.2) is 0 Å². The van der Waals surface area contributed by atoms with E-state index >= 15 is 0 Å². The summed E-state index contributed by atoms with van der Waals surface area (Å²) >= 11 is 3.74. The molecule has 34 heavy (non-hydrogen) atoms. The maximum atomic E-state index is 3.55. The lowest BCUT2D eigenvalue weighted by molar-refractivity contribution is -0.665. The first-order valence-corrected chi connectivity index (χ1v) is 13.1. The lowest BCUT2D eigenvalue weighted by Gasteiger charge is -2.05. The minimum atomic E-state index is 0. The van der Waals surface area contributed by atoms with Crippen LogP contribution in [0.15, 0.2) is 94.9 Å². The van der Waals surface area contributed by atoms with Gasteiger partial charge in [0.1, 0.15) is 11.2 Å². The average molecular weight is 546 g/mol. The number of para-hydroxylation sites is 1. The summed E-state index contributed by atoms with van der Waals surface area (Å²) in [7, 11) is 0. The van der Waals surface area contributed by atoms with Crippen LogP contribution in [0.3, 0.4) is 0 Å². The molecule has 1 aliphatic heterocycles.